The Kier molecular flexibility index (Phi) is 5.83. The number of urea groups is 1. The lowest BCUT2D eigenvalue weighted by Crippen LogP contribution is -2.37. The number of rotatable bonds is 4. The van der Waals surface area contributed by atoms with Gasteiger partial charge in [-0.05, 0) is 55.1 Å². The largest absolute Gasteiger partial charge is 0.328 e. The van der Waals surface area contributed by atoms with Crippen LogP contribution in [0, 0.1) is 17.5 Å². The van der Waals surface area contributed by atoms with E-state index in [2.05, 4.69) is 10.3 Å². The van der Waals surface area contributed by atoms with Gasteiger partial charge in [0.25, 0.3) is 5.56 Å². The highest BCUT2D eigenvalue weighted by Gasteiger charge is 2.24. The molecule has 0 bridgehead atoms. The molecule has 0 aliphatic rings. The minimum absolute atomic E-state index is 0.0220. The van der Waals surface area contributed by atoms with Crippen molar-refractivity contribution in [1.29, 1.82) is 0 Å². The number of carbonyl (C=O) groups is 1. The quantitative estimate of drug-likeness (QED) is 0.604. The van der Waals surface area contributed by atoms with E-state index >= 15 is 0 Å². The number of anilines is 1. The molecule has 0 aliphatic heterocycles. The third kappa shape index (κ3) is 4.07. The fourth-order valence-corrected chi connectivity index (χ4v) is 3.37. The van der Waals surface area contributed by atoms with Crippen LogP contribution in [-0.4, -0.2) is 22.5 Å². The van der Waals surface area contributed by atoms with Crippen molar-refractivity contribution in [2.45, 2.75) is 19.9 Å². The van der Waals surface area contributed by atoms with Crippen molar-refractivity contribution in [3.63, 3.8) is 0 Å². The number of hydrogen-bond donors (Lipinski definition) is 2. The van der Waals surface area contributed by atoms with Gasteiger partial charge in [-0.2, -0.15) is 0 Å². The summed E-state index contributed by atoms with van der Waals surface area (Å²) in [6.45, 7) is 3.68. The van der Waals surface area contributed by atoms with Crippen LogP contribution in [0.3, 0.4) is 0 Å². The van der Waals surface area contributed by atoms with Crippen LogP contribution >= 0.6 is 11.6 Å². The lowest BCUT2D eigenvalue weighted by molar-refractivity contribution is 0.197. The molecule has 0 saturated carbocycles. The zero-order valence-electron chi connectivity index (χ0n) is 15.5. The first-order valence-electron chi connectivity index (χ1n) is 8.76. The van der Waals surface area contributed by atoms with E-state index in [1.54, 1.807) is 13.8 Å². The van der Waals surface area contributed by atoms with Crippen molar-refractivity contribution in [1.82, 2.24) is 9.88 Å². The number of fused-ring (bicyclic) bond motifs is 1. The Morgan fingerprint density at radius 1 is 1.17 bits per heavy atom. The van der Waals surface area contributed by atoms with Gasteiger partial charge in [0.1, 0.15) is 5.82 Å². The van der Waals surface area contributed by atoms with E-state index in [1.165, 1.54) is 17.2 Å². The van der Waals surface area contributed by atoms with Gasteiger partial charge in [0.05, 0.1) is 22.1 Å². The molecule has 152 valence electrons. The Balaban J connectivity index is 1.98. The summed E-state index contributed by atoms with van der Waals surface area (Å²) in [5.41, 5.74) is 0.0873. The van der Waals surface area contributed by atoms with Gasteiger partial charge >= 0.3 is 6.03 Å². The van der Waals surface area contributed by atoms with Crippen molar-refractivity contribution in [3.05, 3.63) is 74.9 Å². The van der Waals surface area contributed by atoms with Crippen molar-refractivity contribution >= 4 is 34.1 Å². The number of halogens is 4. The summed E-state index contributed by atoms with van der Waals surface area (Å²) in [6.07, 6.45) is 1.37. The average molecular weight is 424 g/mol. The molecule has 0 radical (unpaired) electrons. The Bertz CT molecular complexity index is 1150. The van der Waals surface area contributed by atoms with Crippen LogP contribution in [-0.2, 0) is 0 Å². The van der Waals surface area contributed by atoms with E-state index in [0.717, 1.165) is 24.3 Å². The monoisotopic (exact) mass is 423 g/mol. The van der Waals surface area contributed by atoms with Crippen LogP contribution in [0.5, 0.6) is 0 Å². The molecule has 9 heteroatoms. The molecule has 3 rings (SSSR count). The third-order valence-corrected chi connectivity index (χ3v) is 4.98. The number of nitrogens with zero attached hydrogens (tertiary/aromatic N) is 1. The zero-order chi connectivity index (χ0) is 21.3. The lowest BCUT2D eigenvalue weighted by Gasteiger charge is -2.29. The van der Waals surface area contributed by atoms with Crippen LogP contribution in [0.15, 0.2) is 41.3 Å². The second-order valence-electron chi connectivity index (χ2n) is 6.40. The maximum atomic E-state index is 13.8. The number of pyridine rings is 1. The van der Waals surface area contributed by atoms with Gasteiger partial charge in [0.15, 0.2) is 11.6 Å². The number of aromatic amines is 1. The summed E-state index contributed by atoms with van der Waals surface area (Å²) in [4.78, 5) is 28.7. The molecule has 5 nitrogen and oxygen atoms in total. The van der Waals surface area contributed by atoms with Crippen molar-refractivity contribution < 1.29 is 18.0 Å². The number of H-pyrrole nitrogens is 1. The van der Waals surface area contributed by atoms with Gasteiger partial charge in [0.2, 0.25) is 0 Å². The SMILES string of the molecule is CCN(C(=O)Nc1ccc(F)cc1Cl)C(C)c1c[nH]c(=O)c2cc(F)c(F)cc12. The van der Waals surface area contributed by atoms with Crippen LogP contribution < -0.4 is 10.9 Å². The van der Waals surface area contributed by atoms with Gasteiger partial charge in [0, 0.05) is 12.7 Å². The van der Waals surface area contributed by atoms with Gasteiger partial charge in [-0.15, -0.1) is 0 Å². The molecule has 1 heterocycles. The van der Waals surface area contributed by atoms with Gasteiger partial charge in [-0.3, -0.25) is 4.79 Å². The number of aromatic nitrogens is 1. The molecule has 1 aromatic heterocycles. The standard InChI is InChI=1S/C20H17ClF3N3O2/c1-3-27(20(29)26-18-5-4-11(22)6-15(18)21)10(2)14-9-25-19(28)13-8-17(24)16(23)7-12(13)14/h4-10H,3H2,1-2H3,(H,25,28)(H,26,29). The first-order chi connectivity index (χ1) is 13.7. The number of nitrogens with one attached hydrogen (secondary N) is 2. The fourth-order valence-electron chi connectivity index (χ4n) is 3.16. The van der Waals surface area contributed by atoms with Crippen LogP contribution in [0.2, 0.25) is 5.02 Å². The fraction of sp³-hybridized carbons (Fsp3) is 0.200. The summed E-state index contributed by atoms with van der Waals surface area (Å²) >= 11 is 5.96. The Morgan fingerprint density at radius 3 is 2.45 bits per heavy atom. The number of hydrogen-bond acceptors (Lipinski definition) is 2. The first kappa shape index (κ1) is 20.7. The zero-order valence-corrected chi connectivity index (χ0v) is 16.3. The van der Waals surface area contributed by atoms with Crippen molar-refractivity contribution in [3.8, 4) is 0 Å². The molecule has 0 spiro atoms. The molecule has 2 aromatic carbocycles. The number of carbonyl (C=O) groups excluding carboxylic acids is 1. The molecular formula is C20H17ClF3N3O2. The van der Waals surface area contributed by atoms with E-state index in [9.17, 15) is 22.8 Å². The van der Waals surface area contributed by atoms with Gasteiger partial charge in [-0.1, -0.05) is 11.6 Å². The summed E-state index contributed by atoms with van der Waals surface area (Å²) in [6, 6.07) is 4.20. The smallest absolute Gasteiger partial charge is 0.322 e. The van der Waals surface area contributed by atoms with Crippen LogP contribution in [0.4, 0.5) is 23.7 Å². The van der Waals surface area contributed by atoms with E-state index in [0.29, 0.717) is 5.56 Å². The average Bonchev–Trinajstić information content (AvgIpc) is 2.66. The Hall–Kier alpha value is -3.00. The molecule has 0 aliphatic carbocycles. The Morgan fingerprint density at radius 2 is 1.83 bits per heavy atom. The van der Waals surface area contributed by atoms with Gasteiger partial charge < -0.3 is 15.2 Å². The maximum Gasteiger partial charge on any atom is 0.322 e. The molecule has 2 N–H and O–H groups in total. The third-order valence-electron chi connectivity index (χ3n) is 4.67. The summed E-state index contributed by atoms with van der Waals surface area (Å²) in [7, 11) is 0. The Labute approximate surface area is 169 Å². The van der Waals surface area contributed by atoms with Crippen molar-refractivity contribution in [2.24, 2.45) is 0 Å². The molecule has 0 saturated heterocycles. The highest BCUT2D eigenvalue weighted by molar-refractivity contribution is 6.33. The van der Waals surface area contributed by atoms with Crippen LogP contribution in [0.25, 0.3) is 10.8 Å². The minimum Gasteiger partial charge on any atom is -0.328 e. The predicted molar refractivity (Wildman–Crippen MR) is 106 cm³/mol. The van der Waals surface area contributed by atoms with E-state index in [4.69, 9.17) is 11.6 Å². The molecular weight excluding hydrogens is 407 g/mol. The number of benzene rings is 2. The second kappa shape index (κ2) is 8.16. The first-order valence-corrected chi connectivity index (χ1v) is 9.13. The summed E-state index contributed by atoms with van der Waals surface area (Å²) in [5, 5.41) is 2.82. The second-order valence-corrected chi connectivity index (χ2v) is 6.81. The molecule has 3 aromatic rings. The number of amides is 2. The summed E-state index contributed by atoms with van der Waals surface area (Å²) < 4.78 is 40.6. The van der Waals surface area contributed by atoms with E-state index in [1.807, 2.05) is 0 Å². The van der Waals surface area contributed by atoms with Crippen molar-refractivity contribution in [2.75, 3.05) is 11.9 Å². The topological polar surface area (TPSA) is 65.2 Å². The van der Waals surface area contributed by atoms with E-state index in [-0.39, 0.29) is 28.0 Å². The molecule has 2 amide bonds. The highest BCUT2D eigenvalue weighted by atomic mass is 35.5. The van der Waals surface area contributed by atoms with E-state index < -0.39 is 35.1 Å². The lowest BCUT2D eigenvalue weighted by atomic mass is 10.0. The maximum absolute atomic E-state index is 13.8. The normalized spacial score (nSPS) is 12.1. The van der Waals surface area contributed by atoms with Crippen LogP contribution in [0.1, 0.15) is 25.5 Å². The predicted octanol–water partition coefficient (Wildman–Crippen LogP) is 5.21. The molecule has 29 heavy (non-hydrogen) atoms. The molecule has 1 atom stereocenters. The molecule has 1 unspecified atom stereocenters. The van der Waals surface area contributed by atoms with Gasteiger partial charge in [-0.25, -0.2) is 18.0 Å². The highest BCUT2D eigenvalue weighted by Crippen LogP contribution is 2.29. The summed E-state index contributed by atoms with van der Waals surface area (Å²) in [5.74, 6) is -2.77. The molecule has 0 fully saturated rings. The minimum atomic E-state index is -1.14.